The predicted molar refractivity (Wildman–Crippen MR) is 73.1 cm³/mol. The third kappa shape index (κ3) is 3.05. The molecule has 1 atom stereocenters. The van der Waals surface area contributed by atoms with Crippen molar-refractivity contribution in [1.82, 2.24) is 5.32 Å². The van der Waals surface area contributed by atoms with Gasteiger partial charge in [-0.3, -0.25) is 4.79 Å². The zero-order valence-corrected chi connectivity index (χ0v) is 11.5. The average Bonchev–Trinajstić information content (AvgIpc) is 2.97. The van der Waals surface area contributed by atoms with Gasteiger partial charge >= 0.3 is 5.97 Å². The van der Waals surface area contributed by atoms with Crippen LogP contribution in [0.1, 0.15) is 17.7 Å². The number of thioether (sulfide) groups is 1. The maximum absolute atomic E-state index is 11.8. The number of hydrogen-bond acceptors (Lipinski definition) is 4. The van der Waals surface area contributed by atoms with Crippen molar-refractivity contribution >= 4 is 35.0 Å². The topological polar surface area (TPSA) is 66.4 Å². The van der Waals surface area contributed by atoms with Crippen LogP contribution in [0.2, 0.25) is 0 Å². The Morgan fingerprint density at radius 1 is 1.50 bits per heavy atom. The lowest BCUT2D eigenvalue weighted by Gasteiger charge is -2.24. The van der Waals surface area contributed by atoms with E-state index in [9.17, 15) is 14.7 Å². The molecule has 1 aromatic rings. The van der Waals surface area contributed by atoms with Crippen molar-refractivity contribution in [2.45, 2.75) is 24.8 Å². The number of carboxylic acids is 1. The summed E-state index contributed by atoms with van der Waals surface area (Å²) < 4.78 is 0. The molecule has 1 fully saturated rings. The molecule has 6 heteroatoms. The fourth-order valence-electron chi connectivity index (χ4n) is 1.91. The Labute approximate surface area is 114 Å². The second kappa shape index (κ2) is 5.75. The summed E-state index contributed by atoms with van der Waals surface area (Å²) in [4.78, 5) is 24.2. The van der Waals surface area contributed by atoms with Gasteiger partial charge in [0.1, 0.15) is 5.54 Å². The number of amides is 1. The Kier molecular flexibility index (Phi) is 4.29. The largest absolute Gasteiger partial charge is 0.479 e. The lowest BCUT2D eigenvalue weighted by molar-refractivity contribution is -0.146. The summed E-state index contributed by atoms with van der Waals surface area (Å²) in [6.07, 6.45) is 1.53. The monoisotopic (exact) mass is 285 g/mol. The van der Waals surface area contributed by atoms with Gasteiger partial charge in [-0.15, -0.1) is 11.3 Å². The van der Waals surface area contributed by atoms with E-state index in [-0.39, 0.29) is 5.91 Å². The predicted octanol–water partition coefficient (Wildman–Crippen LogP) is 1.76. The minimum atomic E-state index is -1.04. The Bertz CT molecular complexity index is 425. The van der Waals surface area contributed by atoms with Gasteiger partial charge < -0.3 is 10.4 Å². The van der Waals surface area contributed by atoms with Crippen LogP contribution in [0.3, 0.4) is 0 Å². The first-order valence-corrected chi connectivity index (χ1v) is 7.80. The van der Waals surface area contributed by atoms with E-state index in [1.54, 1.807) is 23.1 Å². The Balaban J connectivity index is 1.88. The van der Waals surface area contributed by atoms with E-state index in [4.69, 9.17) is 0 Å². The highest BCUT2D eigenvalue weighted by Crippen LogP contribution is 2.28. The molecule has 1 aromatic heterocycles. The van der Waals surface area contributed by atoms with E-state index in [2.05, 4.69) is 5.32 Å². The fourth-order valence-corrected chi connectivity index (χ4v) is 3.94. The summed E-state index contributed by atoms with van der Waals surface area (Å²) in [6.45, 7) is 0. The number of aliphatic carboxylic acids is 1. The number of carboxylic acid groups (broad SMARTS) is 1. The second-order valence-corrected chi connectivity index (χ2v) is 6.45. The van der Waals surface area contributed by atoms with E-state index in [1.807, 2.05) is 17.5 Å². The van der Waals surface area contributed by atoms with Crippen LogP contribution in [0.15, 0.2) is 17.5 Å². The minimum Gasteiger partial charge on any atom is -0.479 e. The molecule has 4 nitrogen and oxygen atoms in total. The van der Waals surface area contributed by atoms with E-state index in [0.717, 1.165) is 10.6 Å². The van der Waals surface area contributed by atoms with Crippen LogP contribution >= 0.6 is 23.1 Å². The molecule has 1 aliphatic heterocycles. The standard InChI is InChI=1S/C12H15NO3S2/c14-10(4-3-9-2-1-6-18-9)13-12(11(15)16)5-7-17-8-12/h1-2,6H,3-5,7-8H2,(H,13,14)(H,15,16). The van der Waals surface area contributed by atoms with Crippen LogP contribution in [0, 0.1) is 0 Å². The quantitative estimate of drug-likeness (QED) is 0.865. The van der Waals surface area contributed by atoms with Crippen molar-refractivity contribution in [3.8, 4) is 0 Å². The number of hydrogen-bond donors (Lipinski definition) is 2. The molecule has 1 unspecified atom stereocenters. The van der Waals surface area contributed by atoms with E-state index < -0.39 is 11.5 Å². The Morgan fingerprint density at radius 3 is 2.89 bits per heavy atom. The van der Waals surface area contributed by atoms with Gasteiger partial charge in [0.25, 0.3) is 0 Å². The molecular weight excluding hydrogens is 270 g/mol. The van der Waals surface area contributed by atoms with Crippen molar-refractivity contribution < 1.29 is 14.7 Å². The molecule has 0 saturated carbocycles. The van der Waals surface area contributed by atoms with Gasteiger partial charge in [-0.2, -0.15) is 11.8 Å². The molecule has 0 aliphatic carbocycles. The summed E-state index contributed by atoms with van der Waals surface area (Å²) in [5.74, 6) is 0.162. The van der Waals surface area contributed by atoms with Gasteiger partial charge in [0, 0.05) is 17.1 Å². The SMILES string of the molecule is O=C(CCc1cccs1)NC1(C(=O)O)CCSC1. The molecule has 98 valence electrons. The maximum atomic E-state index is 11.8. The number of nitrogens with one attached hydrogen (secondary N) is 1. The first-order chi connectivity index (χ1) is 8.62. The highest BCUT2D eigenvalue weighted by molar-refractivity contribution is 7.99. The first-order valence-electron chi connectivity index (χ1n) is 5.77. The van der Waals surface area contributed by atoms with Gasteiger partial charge in [-0.25, -0.2) is 4.79 Å². The molecule has 1 aliphatic rings. The highest BCUT2D eigenvalue weighted by atomic mass is 32.2. The average molecular weight is 285 g/mol. The summed E-state index contributed by atoms with van der Waals surface area (Å²) in [5.41, 5.74) is -1.04. The maximum Gasteiger partial charge on any atom is 0.330 e. The van der Waals surface area contributed by atoms with Crippen LogP contribution in [-0.2, 0) is 16.0 Å². The van der Waals surface area contributed by atoms with Gasteiger partial charge in [0.15, 0.2) is 0 Å². The molecule has 0 bridgehead atoms. The van der Waals surface area contributed by atoms with Crippen LogP contribution in [0.4, 0.5) is 0 Å². The second-order valence-electron chi connectivity index (χ2n) is 4.32. The number of carbonyl (C=O) groups is 2. The molecule has 0 aromatic carbocycles. The molecule has 0 spiro atoms. The van der Waals surface area contributed by atoms with Gasteiger partial charge in [-0.1, -0.05) is 6.07 Å². The first kappa shape index (κ1) is 13.4. The van der Waals surface area contributed by atoms with E-state index in [0.29, 0.717) is 25.0 Å². The van der Waals surface area contributed by atoms with Gasteiger partial charge in [0.05, 0.1) is 0 Å². The van der Waals surface area contributed by atoms with Crippen LogP contribution in [-0.4, -0.2) is 34.0 Å². The van der Waals surface area contributed by atoms with Crippen molar-refractivity contribution in [1.29, 1.82) is 0 Å². The van der Waals surface area contributed by atoms with Crippen molar-refractivity contribution in [3.05, 3.63) is 22.4 Å². The molecule has 2 rings (SSSR count). The van der Waals surface area contributed by atoms with Crippen LogP contribution < -0.4 is 5.32 Å². The molecule has 2 N–H and O–H groups in total. The summed E-state index contributed by atoms with van der Waals surface area (Å²) in [5, 5.41) is 13.9. The van der Waals surface area contributed by atoms with Crippen LogP contribution in [0.25, 0.3) is 0 Å². The van der Waals surface area contributed by atoms with E-state index in [1.165, 1.54) is 0 Å². The molecule has 18 heavy (non-hydrogen) atoms. The molecule has 1 amide bonds. The summed E-state index contributed by atoms with van der Waals surface area (Å²) in [6, 6.07) is 3.93. The molecular formula is C12H15NO3S2. The van der Waals surface area contributed by atoms with E-state index >= 15 is 0 Å². The number of aryl methyl sites for hydroxylation is 1. The van der Waals surface area contributed by atoms with Crippen molar-refractivity contribution in [2.24, 2.45) is 0 Å². The molecule has 1 saturated heterocycles. The summed E-state index contributed by atoms with van der Waals surface area (Å²) >= 11 is 3.19. The Hall–Kier alpha value is -1.01. The third-order valence-electron chi connectivity index (χ3n) is 2.99. The molecule has 0 radical (unpaired) electrons. The normalized spacial score (nSPS) is 22.9. The number of thiophene rings is 1. The number of carbonyl (C=O) groups excluding carboxylic acids is 1. The highest BCUT2D eigenvalue weighted by Gasteiger charge is 2.43. The third-order valence-corrected chi connectivity index (χ3v) is 5.11. The number of rotatable bonds is 5. The fraction of sp³-hybridized carbons (Fsp3) is 0.500. The zero-order valence-electron chi connectivity index (χ0n) is 9.85. The lowest BCUT2D eigenvalue weighted by Crippen LogP contribution is -2.54. The summed E-state index contributed by atoms with van der Waals surface area (Å²) in [7, 11) is 0. The van der Waals surface area contributed by atoms with Crippen molar-refractivity contribution in [2.75, 3.05) is 11.5 Å². The molecule has 2 heterocycles. The Morgan fingerprint density at radius 2 is 2.33 bits per heavy atom. The van der Waals surface area contributed by atoms with Gasteiger partial charge in [0.2, 0.25) is 5.91 Å². The van der Waals surface area contributed by atoms with Crippen LogP contribution in [0.5, 0.6) is 0 Å². The van der Waals surface area contributed by atoms with Gasteiger partial charge in [-0.05, 0) is 30.0 Å². The zero-order chi connectivity index (χ0) is 13.0. The lowest BCUT2D eigenvalue weighted by atomic mass is 9.99. The smallest absolute Gasteiger partial charge is 0.330 e. The van der Waals surface area contributed by atoms with Crippen molar-refractivity contribution in [3.63, 3.8) is 0 Å². The minimum absolute atomic E-state index is 0.173.